The molecular formula is C15H26N2O3. The quantitative estimate of drug-likeness (QED) is 0.831. The van der Waals surface area contributed by atoms with Crippen LogP contribution in [0.25, 0.3) is 0 Å². The van der Waals surface area contributed by atoms with Gasteiger partial charge in [-0.25, -0.2) is 0 Å². The van der Waals surface area contributed by atoms with Gasteiger partial charge < -0.3 is 15.0 Å². The Labute approximate surface area is 121 Å². The average Bonchev–Trinajstić information content (AvgIpc) is 2.33. The lowest BCUT2D eigenvalue weighted by atomic mass is 9.83. The van der Waals surface area contributed by atoms with Crippen molar-refractivity contribution in [1.29, 1.82) is 0 Å². The van der Waals surface area contributed by atoms with Gasteiger partial charge in [0.25, 0.3) is 0 Å². The summed E-state index contributed by atoms with van der Waals surface area (Å²) in [6.45, 7) is 10.8. The van der Waals surface area contributed by atoms with E-state index in [9.17, 15) is 9.59 Å². The second-order valence-corrected chi connectivity index (χ2v) is 7.13. The van der Waals surface area contributed by atoms with Crippen molar-refractivity contribution in [1.82, 2.24) is 10.2 Å². The minimum absolute atomic E-state index is 0.0104. The Hall–Kier alpha value is -1.10. The predicted molar refractivity (Wildman–Crippen MR) is 76.2 cm³/mol. The summed E-state index contributed by atoms with van der Waals surface area (Å²) in [5, 5.41) is 2.85. The fourth-order valence-electron chi connectivity index (χ4n) is 3.27. The van der Waals surface area contributed by atoms with Crippen LogP contribution in [0.4, 0.5) is 0 Å². The molecule has 5 heteroatoms. The van der Waals surface area contributed by atoms with Gasteiger partial charge in [0, 0.05) is 6.61 Å². The number of hydrogen-bond acceptors (Lipinski definition) is 3. The van der Waals surface area contributed by atoms with Gasteiger partial charge >= 0.3 is 0 Å². The number of ether oxygens (including phenoxy) is 1. The Bertz CT molecular complexity index is 411. The molecule has 2 aliphatic rings. The second kappa shape index (κ2) is 5.02. The lowest BCUT2D eigenvalue weighted by Gasteiger charge is -2.53. The minimum Gasteiger partial charge on any atom is -0.379 e. The largest absolute Gasteiger partial charge is 0.379 e. The smallest absolute Gasteiger partial charge is 0.248 e. The second-order valence-electron chi connectivity index (χ2n) is 7.13. The molecule has 0 aliphatic carbocycles. The van der Waals surface area contributed by atoms with Crippen LogP contribution in [0.5, 0.6) is 0 Å². The number of carbonyl (C=O) groups excluding carboxylic acids is 2. The van der Waals surface area contributed by atoms with Gasteiger partial charge in [0.2, 0.25) is 11.8 Å². The molecule has 0 aromatic carbocycles. The van der Waals surface area contributed by atoms with Crippen LogP contribution in [0, 0.1) is 5.92 Å². The highest BCUT2D eigenvalue weighted by Gasteiger charge is 2.53. The zero-order valence-electron chi connectivity index (χ0n) is 13.2. The molecule has 2 unspecified atom stereocenters. The summed E-state index contributed by atoms with van der Waals surface area (Å²) < 4.78 is 5.59. The number of nitrogens with zero attached hydrogens (tertiary/aromatic N) is 1. The molecule has 0 spiro atoms. The van der Waals surface area contributed by atoms with Gasteiger partial charge in [-0.1, -0.05) is 13.8 Å². The van der Waals surface area contributed by atoms with E-state index in [1.807, 2.05) is 20.8 Å². The van der Waals surface area contributed by atoms with Gasteiger partial charge in [0.05, 0.1) is 12.1 Å². The molecule has 0 aromatic heterocycles. The van der Waals surface area contributed by atoms with Crippen LogP contribution in [-0.4, -0.2) is 47.0 Å². The van der Waals surface area contributed by atoms with Gasteiger partial charge in [-0.15, -0.1) is 0 Å². The molecule has 2 rings (SSSR count). The molecule has 0 bridgehead atoms. The number of rotatable bonds is 2. The van der Waals surface area contributed by atoms with E-state index in [2.05, 4.69) is 5.32 Å². The molecule has 0 saturated carbocycles. The maximum absolute atomic E-state index is 12.9. The standard InChI is InChI=1S/C15H26N2O3/c1-10(2)11-12(18)16-14(3,4)13(19)17(11)15(5)7-6-8-20-9-15/h10-11H,6-9H2,1-5H3,(H,16,18). The molecule has 0 radical (unpaired) electrons. The monoisotopic (exact) mass is 282 g/mol. The molecule has 114 valence electrons. The van der Waals surface area contributed by atoms with E-state index in [1.165, 1.54) is 0 Å². The third-order valence-corrected chi connectivity index (χ3v) is 4.37. The zero-order valence-corrected chi connectivity index (χ0v) is 13.2. The molecule has 1 N–H and O–H groups in total. The maximum atomic E-state index is 12.9. The highest BCUT2D eigenvalue weighted by molar-refractivity contribution is 5.99. The van der Waals surface area contributed by atoms with Crippen molar-refractivity contribution in [3.63, 3.8) is 0 Å². The highest BCUT2D eigenvalue weighted by atomic mass is 16.5. The van der Waals surface area contributed by atoms with Crippen molar-refractivity contribution < 1.29 is 14.3 Å². The molecule has 2 amide bonds. The first-order valence-corrected chi connectivity index (χ1v) is 7.42. The summed E-state index contributed by atoms with van der Waals surface area (Å²) in [5.41, 5.74) is -1.23. The molecule has 2 heterocycles. The SMILES string of the molecule is CC(C)C1C(=O)NC(C)(C)C(=O)N1C1(C)CCCOC1. The number of hydrogen-bond donors (Lipinski definition) is 1. The van der Waals surface area contributed by atoms with Crippen LogP contribution in [-0.2, 0) is 14.3 Å². The van der Waals surface area contributed by atoms with E-state index in [0.29, 0.717) is 6.61 Å². The first-order chi connectivity index (χ1) is 9.19. The Morgan fingerprint density at radius 3 is 2.45 bits per heavy atom. The molecule has 0 aromatic rings. The first-order valence-electron chi connectivity index (χ1n) is 7.42. The molecule has 2 atom stereocenters. The molecule has 2 saturated heterocycles. The van der Waals surface area contributed by atoms with E-state index in [0.717, 1.165) is 19.4 Å². The van der Waals surface area contributed by atoms with Crippen molar-refractivity contribution in [3.05, 3.63) is 0 Å². The zero-order chi connectivity index (χ0) is 15.1. The first kappa shape index (κ1) is 15.3. The maximum Gasteiger partial charge on any atom is 0.248 e. The Kier molecular flexibility index (Phi) is 3.84. The summed E-state index contributed by atoms with van der Waals surface area (Å²) in [4.78, 5) is 27.1. The number of piperazine rings is 1. The van der Waals surface area contributed by atoms with Crippen LogP contribution in [0.3, 0.4) is 0 Å². The number of carbonyl (C=O) groups is 2. The van der Waals surface area contributed by atoms with Crippen LogP contribution >= 0.6 is 0 Å². The van der Waals surface area contributed by atoms with Crippen LogP contribution < -0.4 is 5.32 Å². The lowest BCUT2D eigenvalue weighted by molar-refractivity contribution is -0.169. The molecular weight excluding hydrogens is 256 g/mol. The van der Waals surface area contributed by atoms with E-state index in [-0.39, 0.29) is 23.3 Å². The van der Waals surface area contributed by atoms with E-state index in [4.69, 9.17) is 4.74 Å². The number of nitrogens with one attached hydrogen (secondary N) is 1. The van der Waals surface area contributed by atoms with Crippen LogP contribution in [0.1, 0.15) is 47.5 Å². The van der Waals surface area contributed by atoms with Crippen molar-refractivity contribution in [2.45, 2.75) is 64.6 Å². The van der Waals surface area contributed by atoms with Crippen molar-refractivity contribution in [3.8, 4) is 0 Å². The topological polar surface area (TPSA) is 58.6 Å². The van der Waals surface area contributed by atoms with Gasteiger partial charge in [0.1, 0.15) is 11.6 Å². The summed E-state index contributed by atoms with van der Waals surface area (Å²) in [7, 11) is 0. The van der Waals surface area contributed by atoms with Crippen molar-refractivity contribution in [2.24, 2.45) is 5.92 Å². The fourth-order valence-corrected chi connectivity index (χ4v) is 3.27. The van der Waals surface area contributed by atoms with Gasteiger partial charge in [0.15, 0.2) is 0 Å². The van der Waals surface area contributed by atoms with Gasteiger partial charge in [-0.3, -0.25) is 9.59 Å². The average molecular weight is 282 g/mol. The van der Waals surface area contributed by atoms with Crippen molar-refractivity contribution in [2.75, 3.05) is 13.2 Å². The summed E-state index contributed by atoms with van der Waals surface area (Å²) >= 11 is 0. The minimum atomic E-state index is -0.844. The molecule has 5 nitrogen and oxygen atoms in total. The van der Waals surface area contributed by atoms with E-state index < -0.39 is 11.6 Å². The lowest BCUT2D eigenvalue weighted by Crippen LogP contribution is -2.74. The summed E-state index contributed by atoms with van der Waals surface area (Å²) in [5.74, 6) is 0.00833. The Morgan fingerprint density at radius 1 is 1.30 bits per heavy atom. The summed E-state index contributed by atoms with van der Waals surface area (Å²) in [6.07, 6.45) is 1.80. The van der Waals surface area contributed by atoms with Crippen molar-refractivity contribution >= 4 is 11.8 Å². The van der Waals surface area contributed by atoms with Crippen LogP contribution in [0.2, 0.25) is 0 Å². The molecule has 20 heavy (non-hydrogen) atoms. The predicted octanol–water partition coefficient (Wildman–Crippen LogP) is 1.32. The fraction of sp³-hybridized carbons (Fsp3) is 0.867. The van der Waals surface area contributed by atoms with Crippen LogP contribution in [0.15, 0.2) is 0 Å². The normalized spacial score (nSPS) is 34.3. The number of amides is 2. The third kappa shape index (κ3) is 2.43. The molecule has 2 aliphatic heterocycles. The Morgan fingerprint density at radius 2 is 1.95 bits per heavy atom. The third-order valence-electron chi connectivity index (χ3n) is 4.37. The summed E-state index contributed by atoms with van der Waals surface area (Å²) in [6, 6.07) is -0.415. The van der Waals surface area contributed by atoms with E-state index in [1.54, 1.807) is 18.7 Å². The molecule has 2 fully saturated rings. The van der Waals surface area contributed by atoms with Gasteiger partial charge in [-0.2, -0.15) is 0 Å². The Balaban J connectivity index is 2.41. The highest BCUT2D eigenvalue weighted by Crippen LogP contribution is 2.34. The van der Waals surface area contributed by atoms with E-state index >= 15 is 0 Å². The van der Waals surface area contributed by atoms with Gasteiger partial charge in [-0.05, 0) is 39.5 Å².